The van der Waals surface area contributed by atoms with E-state index < -0.39 is 38.4 Å². The van der Waals surface area contributed by atoms with Crippen LogP contribution in [0.3, 0.4) is 0 Å². The summed E-state index contributed by atoms with van der Waals surface area (Å²) in [6, 6.07) is 17.4. The van der Waals surface area contributed by atoms with Gasteiger partial charge in [0.25, 0.3) is 0 Å². The number of hydrogen-bond donors (Lipinski definition) is 5. The first kappa shape index (κ1) is 30.8. The molecule has 0 saturated heterocycles. The molecule has 51 heavy (non-hydrogen) atoms. The number of carbonyl (C=O) groups excluding carboxylic acids is 1. The van der Waals surface area contributed by atoms with Crippen molar-refractivity contribution in [3.8, 4) is 11.8 Å². The molecule has 0 bridgehead atoms. The molecular formula is C38H44F2N4O7. The van der Waals surface area contributed by atoms with Crippen molar-refractivity contribution in [3.63, 3.8) is 0 Å². The van der Waals surface area contributed by atoms with E-state index in [1.807, 2.05) is 0 Å². The predicted octanol–water partition coefficient (Wildman–Crippen LogP) is 5.06. The molecule has 11 nitrogen and oxygen atoms in total. The molecule has 6 rings (SSSR count). The molecule has 2 aliphatic rings. The van der Waals surface area contributed by atoms with Gasteiger partial charge in [0.15, 0.2) is 0 Å². The van der Waals surface area contributed by atoms with Gasteiger partial charge in [-0.2, -0.15) is 0 Å². The minimum Gasteiger partial charge on any atom is -0.481 e. The summed E-state index contributed by atoms with van der Waals surface area (Å²) < 4.78 is 78.0. The fourth-order valence-electron chi connectivity index (χ4n) is 5.28. The van der Waals surface area contributed by atoms with E-state index in [4.69, 9.17) is 33.6 Å². The van der Waals surface area contributed by atoms with Crippen LogP contribution in [0.4, 0.5) is 8.78 Å². The number of carboxylic acids is 1. The largest absolute Gasteiger partial charge is 0.481 e. The lowest BCUT2D eigenvalue weighted by molar-refractivity contribution is -0.138. The zero-order valence-corrected chi connectivity index (χ0v) is 27.5. The molecule has 272 valence electrons. The van der Waals surface area contributed by atoms with Gasteiger partial charge >= 0.3 is 5.97 Å². The predicted molar refractivity (Wildman–Crippen MR) is 185 cm³/mol. The minimum absolute atomic E-state index is 0.0215. The third-order valence-electron chi connectivity index (χ3n) is 8.29. The molecule has 2 saturated carbocycles. The fourth-order valence-corrected chi connectivity index (χ4v) is 5.28. The van der Waals surface area contributed by atoms with Gasteiger partial charge in [0.1, 0.15) is 11.6 Å². The second kappa shape index (κ2) is 18.9. The summed E-state index contributed by atoms with van der Waals surface area (Å²) in [5.74, 6) is -1.65. The van der Waals surface area contributed by atoms with Crippen molar-refractivity contribution in [1.82, 2.24) is 15.3 Å². The molecule has 2 heterocycles. The first-order valence-electron chi connectivity index (χ1n) is 19.1. The summed E-state index contributed by atoms with van der Waals surface area (Å²) in [6.07, 6.45) is 4.20. The molecule has 2 aliphatic carbocycles. The highest BCUT2D eigenvalue weighted by Gasteiger charge is 2.45. The molecule has 2 fully saturated rings. The van der Waals surface area contributed by atoms with Gasteiger partial charge in [0.05, 0.1) is 44.4 Å². The second-order valence-electron chi connectivity index (χ2n) is 11.8. The lowest BCUT2D eigenvalue weighted by atomic mass is 10.1. The number of aromatic nitrogens is 2. The van der Waals surface area contributed by atoms with Crippen LogP contribution in [0.5, 0.6) is 11.8 Å². The number of aliphatic carboxylic acids is 1. The van der Waals surface area contributed by atoms with Crippen LogP contribution >= 0.6 is 0 Å². The van der Waals surface area contributed by atoms with Crippen molar-refractivity contribution >= 4 is 11.9 Å². The Morgan fingerprint density at radius 1 is 0.843 bits per heavy atom. The number of carbonyl (C=O) groups is 2. The van der Waals surface area contributed by atoms with Crippen molar-refractivity contribution in [2.75, 3.05) is 26.4 Å². The molecule has 0 spiro atoms. The normalized spacial score (nSPS) is 21.7. The fraction of sp³-hybridized carbons (Fsp3) is 0.368. The van der Waals surface area contributed by atoms with E-state index in [0.29, 0.717) is 24.0 Å². The smallest absolute Gasteiger partial charge is 0.307 e. The van der Waals surface area contributed by atoms with E-state index in [0.717, 1.165) is 11.1 Å². The Bertz CT molecular complexity index is 1910. The van der Waals surface area contributed by atoms with Crippen LogP contribution in [0, 0.1) is 23.5 Å². The third-order valence-corrected chi connectivity index (χ3v) is 8.29. The number of carboxylic acid groups (broad SMARTS) is 1. The number of benzene rings is 2. The third kappa shape index (κ3) is 11.5. The molecular weight excluding hydrogens is 662 g/mol. The highest BCUT2D eigenvalue weighted by atomic mass is 19.1. The first-order chi connectivity index (χ1) is 26.9. The van der Waals surface area contributed by atoms with Gasteiger partial charge in [0.2, 0.25) is 17.7 Å². The summed E-state index contributed by atoms with van der Waals surface area (Å²) in [6.45, 7) is -5.67. The number of amides is 1. The number of nitrogens with one attached hydrogen (secondary N) is 1. The summed E-state index contributed by atoms with van der Waals surface area (Å²) in [5, 5.41) is 29.9. The van der Waals surface area contributed by atoms with Gasteiger partial charge in [-0.1, -0.05) is 30.3 Å². The molecule has 6 N–H and O–H groups in total. The van der Waals surface area contributed by atoms with E-state index in [1.165, 1.54) is 48.8 Å². The van der Waals surface area contributed by atoms with Gasteiger partial charge < -0.3 is 35.8 Å². The molecule has 2 aromatic carbocycles. The van der Waals surface area contributed by atoms with Crippen molar-refractivity contribution in [2.45, 2.75) is 50.5 Å². The van der Waals surface area contributed by atoms with Gasteiger partial charge in [0, 0.05) is 38.7 Å². The number of nitrogens with zero attached hydrogens (tertiary/aromatic N) is 2. The Kier molecular flexibility index (Phi) is 11.4. The first-order valence-corrected chi connectivity index (χ1v) is 16.1. The molecule has 1 amide bonds. The van der Waals surface area contributed by atoms with Gasteiger partial charge in [-0.05, 0) is 91.0 Å². The SMILES string of the molecule is O=C(O)[C@H]1C[C@@H]1c1cccc(F)c1.[2H]C([2H])([2H])COc1ccc([C@@H](N)CO)cn1.[2H]C([2H])([2H])COc1ccc([C@H](CO)NC(=O)[C@H]2C[C@@H]2c2ccc(F)cc2)cn1. The quantitative estimate of drug-likeness (QED) is 0.126. The second-order valence-corrected chi connectivity index (χ2v) is 11.8. The van der Waals surface area contributed by atoms with Crippen LogP contribution in [-0.4, -0.2) is 63.6 Å². The van der Waals surface area contributed by atoms with E-state index >= 15 is 0 Å². The Labute approximate surface area is 303 Å². The standard InChI is InChI=1S/C19H21FN2O3.C10H9FO2.C9H14N2O2/c1-2-25-18-8-5-13(10-21-18)17(11-23)22-19(24)16-9-15(16)12-3-6-14(20)7-4-12;11-7-3-1-2-6(4-7)8-5-9(8)10(12)13;1-2-13-9-4-3-7(5-11-9)8(10)6-12/h3-8,10,15-17,23H,2,9,11H2,1H3,(H,22,24);1-4,8-9H,5H2,(H,12,13);3-5,8,12H,2,6,10H2,1H3/t15-,16+,17+;8-,9+;8-/m110/s1/i1D3;;1D3. The number of pyridine rings is 2. The maximum Gasteiger partial charge on any atom is 0.307 e. The Morgan fingerprint density at radius 3 is 1.96 bits per heavy atom. The van der Waals surface area contributed by atoms with Crippen molar-refractivity contribution in [1.29, 1.82) is 0 Å². The molecule has 4 aromatic rings. The summed E-state index contributed by atoms with van der Waals surface area (Å²) in [7, 11) is 0. The van der Waals surface area contributed by atoms with Crippen molar-refractivity contribution < 1.29 is 51.4 Å². The number of hydrogen-bond acceptors (Lipinski definition) is 9. The Hall–Kier alpha value is -4.98. The average molecular weight is 713 g/mol. The molecule has 0 unspecified atom stereocenters. The summed E-state index contributed by atoms with van der Waals surface area (Å²) in [5.41, 5.74) is 8.53. The Morgan fingerprint density at radius 2 is 1.45 bits per heavy atom. The molecule has 6 atom stereocenters. The van der Waals surface area contributed by atoms with Crippen molar-refractivity contribution in [2.24, 2.45) is 17.6 Å². The number of aliphatic hydroxyl groups excluding tert-OH is 2. The average Bonchev–Trinajstić information content (AvgIpc) is 4.11. The summed E-state index contributed by atoms with van der Waals surface area (Å²) in [4.78, 5) is 30.9. The molecule has 0 radical (unpaired) electrons. The van der Waals surface area contributed by atoms with E-state index in [1.54, 1.807) is 36.4 Å². The maximum absolute atomic E-state index is 13.0. The van der Waals surface area contributed by atoms with Crippen LogP contribution in [0.2, 0.25) is 0 Å². The van der Waals surface area contributed by atoms with E-state index in [-0.39, 0.29) is 72.8 Å². The highest BCUT2D eigenvalue weighted by Crippen LogP contribution is 2.48. The van der Waals surface area contributed by atoms with Crippen LogP contribution in [-0.2, 0) is 9.59 Å². The van der Waals surface area contributed by atoms with Crippen LogP contribution in [0.25, 0.3) is 0 Å². The van der Waals surface area contributed by atoms with E-state index in [2.05, 4.69) is 15.3 Å². The number of ether oxygens (including phenoxy) is 2. The lowest BCUT2D eigenvalue weighted by Gasteiger charge is -2.17. The molecule has 13 heteroatoms. The zero-order chi connectivity index (χ0) is 41.9. The van der Waals surface area contributed by atoms with E-state index in [9.17, 15) is 23.5 Å². The summed E-state index contributed by atoms with van der Waals surface area (Å²) >= 11 is 0. The number of halogens is 2. The monoisotopic (exact) mass is 712 g/mol. The topological polar surface area (TPSA) is 177 Å². The minimum atomic E-state index is -2.21. The zero-order valence-electron chi connectivity index (χ0n) is 33.5. The van der Waals surface area contributed by atoms with Crippen molar-refractivity contribution in [3.05, 3.63) is 119 Å². The Balaban J connectivity index is 0.000000209. The number of nitrogens with two attached hydrogens (primary N) is 1. The number of aliphatic hydroxyl groups is 2. The van der Waals surface area contributed by atoms with Crippen LogP contribution in [0.15, 0.2) is 85.2 Å². The van der Waals surface area contributed by atoms with Crippen LogP contribution < -0.4 is 20.5 Å². The van der Waals surface area contributed by atoms with Gasteiger partial charge in [-0.15, -0.1) is 0 Å². The van der Waals surface area contributed by atoms with Gasteiger partial charge in [-0.25, -0.2) is 18.7 Å². The highest BCUT2D eigenvalue weighted by molar-refractivity contribution is 5.83. The van der Waals surface area contributed by atoms with Gasteiger partial charge in [-0.3, -0.25) is 9.59 Å². The maximum atomic E-state index is 13.0. The lowest BCUT2D eigenvalue weighted by Crippen LogP contribution is -2.32. The molecule has 0 aliphatic heterocycles. The molecule has 2 aromatic heterocycles. The number of rotatable bonds is 13. The van der Waals surface area contributed by atoms with Crippen LogP contribution in [0.1, 0.15) is 80.9 Å².